The van der Waals surface area contributed by atoms with Gasteiger partial charge < -0.3 is 10.2 Å². The summed E-state index contributed by atoms with van der Waals surface area (Å²) in [6.07, 6.45) is 1.97. The van der Waals surface area contributed by atoms with Crippen LogP contribution in [0.1, 0.15) is 19.4 Å². The molecule has 0 spiro atoms. The fourth-order valence-corrected chi connectivity index (χ4v) is 2.23. The molecule has 1 aliphatic heterocycles. The summed E-state index contributed by atoms with van der Waals surface area (Å²) >= 11 is 0. The van der Waals surface area contributed by atoms with Gasteiger partial charge in [0.1, 0.15) is 5.82 Å². The Morgan fingerprint density at radius 2 is 2.00 bits per heavy atom. The first-order valence-electron chi connectivity index (χ1n) is 6.05. The van der Waals surface area contributed by atoms with Crippen molar-refractivity contribution in [1.82, 2.24) is 10.3 Å². The molecule has 1 saturated heterocycles. The fraction of sp³-hybridized carbons (Fsp3) is 0.615. The van der Waals surface area contributed by atoms with E-state index in [2.05, 4.69) is 41.2 Å². The molecule has 0 amide bonds. The minimum absolute atomic E-state index is 0.777. The molecule has 1 aromatic rings. The Morgan fingerprint density at radius 3 is 2.50 bits per heavy atom. The highest BCUT2D eigenvalue weighted by molar-refractivity contribution is 5.40. The van der Waals surface area contributed by atoms with E-state index >= 15 is 0 Å². The molecular weight excluding hydrogens is 198 g/mol. The third-order valence-corrected chi connectivity index (χ3v) is 3.50. The molecule has 0 aliphatic carbocycles. The average molecular weight is 219 g/mol. The van der Waals surface area contributed by atoms with Crippen molar-refractivity contribution < 1.29 is 0 Å². The molecule has 0 saturated carbocycles. The Hall–Kier alpha value is -1.09. The molecule has 16 heavy (non-hydrogen) atoms. The summed E-state index contributed by atoms with van der Waals surface area (Å²) in [6, 6.07) is 4.30. The van der Waals surface area contributed by atoms with E-state index in [1.807, 2.05) is 13.2 Å². The molecule has 2 atom stereocenters. The van der Waals surface area contributed by atoms with Gasteiger partial charge >= 0.3 is 0 Å². The van der Waals surface area contributed by atoms with Crippen LogP contribution in [0.5, 0.6) is 0 Å². The van der Waals surface area contributed by atoms with E-state index in [0.717, 1.165) is 37.3 Å². The molecule has 2 rings (SSSR count). The van der Waals surface area contributed by atoms with Crippen molar-refractivity contribution in [2.45, 2.75) is 20.4 Å². The molecule has 2 heterocycles. The summed E-state index contributed by atoms with van der Waals surface area (Å²) in [7, 11) is 1.96. The summed E-state index contributed by atoms with van der Waals surface area (Å²) in [5, 5.41) is 3.13. The lowest BCUT2D eigenvalue weighted by Crippen LogP contribution is -2.20. The largest absolute Gasteiger partial charge is 0.356 e. The van der Waals surface area contributed by atoms with E-state index in [1.54, 1.807) is 0 Å². The van der Waals surface area contributed by atoms with Crippen molar-refractivity contribution in [2.24, 2.45) is 11.8 Å². The topological polar surface area (TPSA) is 28.2 Å². The average Bonchev–Trinajstić information content (AvgIpc) is 2.61. The molecule has 1 fully saturated rings. The molecule has 0 bridgehead atoms. The third kappa shape index (κ3) is 2.35. The van der Waals surface area contributed by atoms with Gasteiger partial charge in [0, 0.05) is 25.8 Å². The van der Waals surface area contributed by atoms with Gasteiger partial charge in [0.05, 0.1) is 0 Å². The van der Waals surface area contributed by atoms with E-state index in [-0.39, 0.29) is 0 Å². The molecule has 1 N–H and O–H groups in total. The molecule has 0 aromatic carbocycles. The van der Waals surface area contributed by atoms with Gasteiger partial charge in [0.15, 0.2) is 0 Å². The van der Waals surface area contributed by atoms with Crippen LogP contribution in [0.15, 0.2) is 18.3 Å². The number of rotatable bonds is 3. The predicted octanol–water partition coefficient (Wildman–Crippen LogP) is 1.89. The lowest BCUT2D eigenvalue weighted by molar-refractivity contribution is 0.494. The Labute approximate surface area is 97.9 Å². The minimum atomic E-state index is 0.777. The van der Waals surface area contributed by atoms with Gasteiger partial charge in [-0.1, -0.05) is 19.9 Å². The van der Waals surface area contributed by atoms with Crippen molar-refractivity contribution in [2.75, 3.05) is 25.0 Å². The van der Waals surface area contributed by atoms with Crippen molar-refractivity contribution in [1.29, 1.82) is 0 Å². The lowest BCUT2D eigenvalue weighted by atomic mass is 10.0. The summed E-state index contributed by atoms with van der Waals surface area (Å²) < 4.78 is 0. The molecule has 1 aliphatic rings. The molecule has 88 valence electrons. The Morgan fingerprint density at radius 1 is 1.31 bits per heavy atom. The summed E-state index contributed by atoms with van der Waals surface area (Å²) in [6.45, 7) is 7.80. The summed E-state index contributed by atoms with van der Waals surface area (Å²) in [4.78, 5) is 6.92. The second kappa shape index (κ2) is 4.83. The van der Waals surface area contributed by atoms with Gasteiger partial charge in [-0.15, -0.1) is 0 Å². The number of anilines is 1. The Kier molecular flexibility index (Phi) is 3.44. The zero-order valence-electron chi connectivity index (χ0n) is 10.4. The van der Waals surface area contributed by atoms with Crippen LogP contribution in [0, 0.1) is 11.8 Å². The van der Waals surface area contributed by atoms with Gasteiger partial charge in [-0.3, -0.25) is 0 Å². The van der Waals surface area contributed by atoms with Crippen LogP contribution >= 0.6 is 0 Å². The van der Waals surface area contributed by atoms with E-state index in [1.165, 1.54) is 5.56 Å². The molecule has 0 radical (unpaired) electrons. The predicted molar refractivity (Wildman–Crippen MR) is 67.5 cm³/mol. The second-order valence-electron chi connectivity index (χ2n) is 4.91. The molecular formula is C13H21N3. The van der Waals surface area contributed by atoms with E-state index in [4.69, 9.17) is 0 Å². The van der Waals surface area contributed by atoms with Crippen molar-refractivity contribution in [3.05, 3.63) is 23.9 Å². The fourth-order valence-electron chi connectivity index (χ4n) is 2.23. The van der Waals surface area contributed by atoms with Crippen molar-refractivity contribution >= 4 is 5.82 Å². The quantitative estimate of drug-likeness (QED) is 0.841. The highest BCUT2D eigenvalue weighted by Gasteiger charge is 2.26. The number of nitrogens with zero attached hydrogens (tertiary/aromatic N) is 2. The van der Waals surface area contributed by atoms with Crippen molar-refractivity contribution in [3.8, 4) is 0 Å². The SMILES string of the molecule is CNCc1ccc(N2CC(C)C(C)C2)nc1. The Balaban J connectivity index is 2.05. The van der Waals surface area contributed by atoms with Gasteiger partial charge in [0.25, 0.3) is 0 Å². The highest BCUT2D eigenvalue weighted by atomic mass is 15.2. The van der Waals surface area contributed by atoms with Crippen molar-refractivity contribution in [3.63, 3.8) is 0 Å². The van der Waals surface area contributed by atoms with E-state index < -0.39 is 0 Å². The normalized spacial score (nSPS) is 25.1. The van der Waals surface area contributed by atoms with Gasteiger partial charge in [0.2, 0.25) is 0 Å². The smallest absolute Gasteiger partial charge is 0.128 e. The first-order chi connectivity index (χ1) is 7.70. The monoisotopic (exact) mass is 219 g/mol. The van der Waals surface area contributed by atoms with Gasteiger partial charge in [-0.2, -0.15) is 0 Å². The summed E-state index contributed by atoms with van der Waals surface area (Å²) in [5.41, 5.74) is 1.24. The zero-order valence-corrected chi connectivity index (χ0v) is 10.4. The van der Waals surface area contributed by atoms with Crippen LogP contribution in [0.2, 0.25) is 0 Å². The first-order valence-corrected chi connectivity index (χ1v) is 6.05. The maximum Gasteiger partial charge on any atom is 0.128 e. The van der Waals surface area contributed by atoms with Crippen LogP contribution in [0.3, 0.4) is 0 Å². The zero-order chi connectivity index (χ0) is 11.5. The van der Waals surface area contributed by atoms with E-state index in [0.29, 0.717) is 0 Å². The number of aromatic nitrogens is 1. The van der Waals surface area contributed by atoms with Gasteiger partial charge in [-0.25, -0.2) is 4.98 Å². The van der Waals surface area contributed by atoms with Crippen LogP contribution in [0.25, 0.3) is 0 Å². The second-order valence-corrected chi connectivity index (χ2v) is 4.91. The van der Waals surface area contributed by atoms with Crippen LogP contribution in [-0.2, 0) is 6.54 Å². The van der Waals surface area contributed by atoms with Crippen LogP contribution < -0.4 is 10.2 Å². The standard InChI is InChI=1S/C13H21N3/c1-10-8-16(9-11(10)2)13-5-4-12(6-14-3)7-15-13/h4-5,7,10-11,14H,6,8-9H2,1-3H3. The molecule has 3 heteroatoms. The maximum atomic E-state index is 4.53. The number of hydrogen-bond acceptors (Lipinski definition) is 3. The highest BCUT2D eigenvalue weighted by Crippen LogP contribution is 2.26. The third-order valence-electron chi connectivity index (χ3n) is 3.50. The maximum absolute atomic E-state index is 4.53. The molecule has 1 aromatic heterocycles. The molecule has 2 unspecified atom stereocenters. The summed E-state index contributed by atoms with van der Waals surface area (Å²) in [5.74, 6) is 2.67. The molecule has 3 nitrogen and oxygen atoms in total. The van der Waals surface area contributed by atoms with Gasteiger partial charge in [-0.05, 0) is 30.5 Å². The number of nitrogens with one attached hydrogen (secondary N) is 1. The van der Waals surface area contributed by atoms with Crippen LogP contribution in [-0.4, -0.2) is 25.1 Å². The van der Waals surface area contributed by atoms with E-state index in [9.17, 15) is 0 Å². The Bertz CT molecular complexity index is 324. The van der Waals surface area contributed by atoms with Crippen LogP contribution in [0.4, 0.5) is 5.82 Å². The minimum Gasteiger partial charge on any atom is -0.356 e. The number of pyridine rings is 1. The number of hydrogen-bond donors (Lipinski definition) is 1. The first kappa shape index (κ1) is 11.4. The lowest BCUT2D eigenvalue weighted by Gasteiger charge is -2.17.